The van der Waals surface area contributed by atoms with Gasteiger partial charge < -0.3 is 14.8 Å². The summed E-state index contributed by atoms with van der Waals surface area (Å²) in [5, 5.41) is 12.9. The van der Waals surface area contributed by atoms with Crippen LogP contribution in [0.15, 0.2) is 129 Å². The van der Waals surface area contributed by atoms with Gasteiger partial charge in [0.25, 0.3) is 0 Å². The Bertz CT molecular complexity index is 2350. The zero-order valence-corrected chi connectivity index (χ0v) is 25.1. The highest BCUT2D eigenvalue weighted by Crippen LogP contribution is 2.37. The van der Waals surface area contributed by atoms with Crippen LogP contribution in [0.5, 0.6) is 0 Å². The number of nitrogen functional groups attached to an aromatic ring is 1. The van der Waals surface area contributed by atoms with E-state index >= 15 is 0 Å². The number of hydrogen-bond acceptors (Lipinski definition) is 12. The second kappa shape index (κ2) is 11.8. The van der Waals surface area contributed by atoms with Crippen LogP contribution in [0.3, 0.4) is 0 Å². The van der Waals surface area contributed by atoms with Gasteiger partial charge in [-0.05, 0) is 47.5 Å². The first-order chi connectivity index (χ1) is 21.9. The number of rotatable bonds is 7. The Morgan fingerprint density at radius 2 is 1.26 bits per heavy atom. The van der Waals surface area contributed by atoms with Crippen molar-refractivity contribution in [1.29, 1.82) is 0 Å². The Labute approximate surface area is 263 Å². The van der Waals surface area contributed by atoms with Gasteiger partial charge in [0.05, 0.1) is 26.9 Å². The Hall–Kier alpha value is -5.54. The molecule has 0 radical (unpaired) electrons. The zero-order chi connectivity index (χ0) is 32.6. The van der Waals surface area contributed by atoms with Crippen molar-refractivity contribution in [3.63, 3.8) is 0 Å². The minimum Gasteiger partial charge on any atom is -0.744 e. The number of allylic oxidation sites excluding steroid dienone is 1. The minimum atomic E-state index is -4.85. The number of carbonyl (C=O) groups is 1. The van der Waals surface area contributed by atoms with E-state index in [1.165, 1.54) is 24.3 Å². The van der Waals surface area contributed by atoms with Crippen molar-refractivity contribution in [2.24, 2.45) is 15.3 Å². The van der Waals surface area contributed by atoms with Crippen LogP contribution in [0.1, 0.15) is 15.9 Å². The fourth-order valence-electron chi connectivity index (χ4n) is 4.93. The largest absolute Gasteiger partial charge is 0.744 e. The molecule has 0 heterocycles. The smallest absolute Gasteiger partial charge is 0.213 e. The van der Waals surface area contributed by atoms with Crippen molar-refractivity contribution >= 4 is 70.2 Å². The van der Waals surface area contributed by atoms with Crippen LogP contribution in [-0.4, -0.2) is 37.4 Å². The van der Waals surface area contributed by atoms with Crippen molar-refractivity contribution in [1.82, 2.24) is 0 Å². The number of azo groups is 1. The number of nitrogens with zero attached hydrogens (tertiary/aromatic N) is 3. The van der Waals surface area contributed by atoms with Crippen LogP contribution < -0.4 is 11.2 Å². The summed E-state index contributed by atoms with van der Waals surface area (Å²) in [6, 6.07) is 27.4. The predicted molar refractivity (Wildman–Crippen MR) is 172 cm³/mol. The summed E-state index contributed by atoms with van der Waals surface area (Å²) in [6.45, 7) is 0. The van der Waals surface area contributed by atoms with E-state index < -0.39 is 35.8 Å². The summed E-state index contributed by atoms with van der Waals surface area (Å²) < 4.78 is 71.0. The minimum absolute atomic E-state index is 0.0416. The SMILES string of the molecule is Nc1c(N=Nc2ccc(-c3ccc(NN=C4C=C(S(=O)(=O)[O-])c5ccccc5C4=O)cc3)cc2)cc(S(=O)(=O)[O-])c2ccccc12. The number of hydrazone groups is 1. The molecule has 1 aliphatic carbocycles. The topological polar surface area (TPSA) is 207 Å². The number of benzene rings is 5. The number of nitrogens with one attached hydrogen (secondary N) is 1. The third kappa shape index (κ3) is 6.05. The van der Waals surface area contributed by atoms with Gasteiger partial charge in [0, 0.05) is 21.9 Å². The number of anilines is 2. The molecule has 12 nitrogen and oxygen atoms in total. The Kier molecular flexibility index (Phi) is 7.79. The quantitative estimate of drug-likeness (QED) is 0.0920. The molecule has 0 amide bonds. The first kappa shape index (κ1) is 30.5. The number of carbonyl (C=O) groups excluding carboxylic acids is 1. The zero-order valence-electron chi connectivity index (χ0n) is 23.5. The standard InChI is InChI=1S/C32H23N5O7S2/c33-31-25-7-3-1-5-23(25)29(45(39,40)41)17-27(31)36-34-21-13-9-19(10-14-21)20-11-15-22(16-12-20)35-37-28-18-30(46(42,43)44)24-6-2-4-8-26(24)32(28)38/h1-18,35H,33H2,(H,39,40,41)(H,42,43,44)/p-2. The molecule has 0 bridgehead atoms. The third-order valence-corrected chi connectivity index (χ3v) is 8.92. The maximum absolute atomic E-state index is 12.9. The second-order valence-corrected chi connectivity index (χ2v) is 12.8. The van der Waals surface area contributed by atoms with Gasteiger partial charge in [-0.15, -0.1) is 5.11 Å². The van der Waals surface area contributed by atoms with E-state index in [-0.39, 0.29) is 33.6 Å². The van der Waals surface area contributed by atoms with Crippen LogP contribution in [0, 0.1) is 0 Å². The molecule has 5 aromatic rings. The van der Waals surface area contributed by atoms with Crippen molar-refractivity contribution < 1.29 is 30.7 Å². The average molecular weight is 652 g/mol. The highest BCUT2D eigenvalue weighted by atomic mass is 32.2. The molecule has 0 spiro atoms. The molecule has 0 atom stereocenters. The van der Waals surface area contributed by atoms with Gasteiger partial charge in [-0.3, -0.25) is 10.2 Å². The van der Waals surface area contributed by atoms with E-state index in [9.17, 15) is 30.7 Å². The van der Waals surface area contributed by atoms with Crippen LogP contribution in [-0.2, 0) is 20.2 Å². The van der Waals surface area contributed by atoms with Gasteiger partial charge in [0.2, 0.25) is 5.78 Å². The maximum atomic E-state index is 12.9. The first-order valence-corrected chi connectivity index (χ1v) is 16.3. The lowest BCUT2D eigenvalue weighted by Gasteiger charge is -2.20. The van der Waals surface area contributed by atoms with Gasteiger partial charge >= 0.3 is 0 Å². The number of fused-ring (bicyclic) bond motifs is 2. The lowest BCUT2D eigenvalue weighted by molar-refractivity contribution is 0.106. The number of Topliss-reactive ketones (excluding diaryl/α,β-unsaturated/α-hetero) is 1. The first-order valence-electron chi connectivity index (χ1n) is 13.4. The fourth-order valence-corrected chi connectivity index (χ4v) is 6.33. The van der Waals surface area contributed by atoms with Gasteiger partial charge in [-0.2, -0.15) is 10.2 Å². The molecular formula is C32H21N5O7S2-2. The predicted octanol–water partition coefficient (Wildman–Crippen LogP) is 5.96. The van der Waals surface area contributed by atoms with Crippen LogP contribution >= 0.6 is 0 Å². The number of hydrogen-bond donors (Lipinski definition) is 2. The molecule has 0 unspecified atom stereocenters. The highest BCUT2D eigenvalue weighted by molar-refractivity contribution is 7.95. The van der Waals surface area contributed by atoms with Gasteiger partial charge in [0.1, 0.15) is 31.6 Å². The third-order valence-electron chi connectivity index (χ3n) is 7.17. The van der Waals surface area contributed by atoms with Crippen molar-refractivity contribution in [3.8, 4) is 11.1 Å². The summed E-state index contributed by atoms with van der Waals surface area (Å²) in [5.74, 6) is -0.525. The van der Waals surface area contributed by atoms with Gasteiger partial charge in [0.15, 0.2) is 0 Å². The Balaban J connectivity index is 1.19. The normalized spacial score (nSPS) is 14.4. The van der Waals surface area contributed by atoms with Crippen LogP contribution in [0.2, 0.25) is 0 Å². The molecule has 6 rings (SSSR count). The van der Waals surface area contributed by atoms with Crippen LogP contribution in [0.4, 0.5) is 22.7 Å². The molecule has 0 saturated heterocycles. The van der Waals surface area contributed by atoms with E-state index in [1.807, 2.05) is 0 Å². The van der Waals surface area contributed by atoms with E-state index in [0.717, 1.165) is 23.3 Å². The molecule has 0 aliphatic heterocycles. The summed E-state index contributed by atoms with van der Waals surface area (Å²) >= 11 is 0. The summed E-state index contributed by atoms with van der Waals surface area (Å²) in [7, 11) is -9.65. The Morgan fingerprint density at radius 1 is 0.674 bits per heavy atom. The van der Waals surface area contributed by atoms with Crippen molar-refractivity contribution in [3.05, 3.63) is 120 Å². The van der Waals surface area contributed by atoms with Crippen molar-refractivity contribution in [2.45, 2.75) is 4.90 Å². The molecule has 1 aliphatic rings. The number of ketones is 1. The molecule has 46 heavy (non-hydrogen) atoms. The average Bonchev–Trinajstić information content (AvgIpc) is 3.04. The van der Waals surface area contributed by atoms with Gasteiger partial charge in [-0.1, -0.05) is 72.8 Å². The highest BCUT2D eigenvalue weighted by Gasteiger charge is 2.27. The summed E-state index contributed by atoms with van der Waals surface area (Å²) in [5.41, 5.74) is 11.6. The fraction of sp³-hybridized carbons (Fsp3) is 0. The Morgan fingerprint density at radius 3 is 1.89 bits per heavy atom. The monoisotopic (exact) mass is 651 g/mol. The van der Waals surface area contributed by atoms with E-state index in [1.54, 1.807) is 72.8 Å². The lowest BCUT2D eigenvalue weighted by Crippen LogP contribution is -2.22. The molecule has 3 N–H and O–H groups in total. The van der Waals surface area contributed by atoms with Crippen molar-refractivity contribution in [2.75, 3.05) is 11.2 Å². The molecular weight excluding hydrogens is 631 g/mol. The van der Waals surface area contributed by atoms with E-state index in [0.29, 0.717) is 16.8 Å². The van der Waals surface area contributed by atoms with E-state index in [2.05, 4.69) is 20.8 Å². The summed E-state index contributed by atoms with van der Waals surface area (Å²) in [4.78, 5) is 11.9. The second-order valence-electron chi connectivity index (χ2n) is 10.1. The van der Waals surface area contributed by atoms with E-state index in [4.69, 9.17) is 5.73 Å². The maximum Gasteiger partial charge on any atom is 0.213 e. The molecule has 0 fully saturated rings. The van der Waals surface area contributed by atoms with Gasteiger partial charge in [-0.25, -0.2) is 16.8 Å². The van der Waals surface area contributed by atoms with Crippen LogP contribution in [0.25, 0.3) is 26.8 Å². The number of nitrogens with two attached hydrogens (primary N) is 1. The molecule has 0 aromatic heterocycles. The lowest BCUT2D eigenvalue weighted by atomic mass is 9.95. The molecule has 0 saturated carbocycles. The summed E-state index contributed by atoms with van der Waals surface area (Å²) in [6.07, 6.45) is 0.965. The molecule has 5 aromatic carbocycles. The molecule has 230 valence electrons. The molecule has 14 heteroatoms.